The van der Waals surface area contributed by atoms with Gasteiger partial charge in [0, 0.05) is 51.3 Å². The molecule has 7 nitrogen and oxygen atoms in total. The molecule has 1 fully saturated rings. The van der Waals surface area contributed by atoms with Gasteiger partial charge < -0.3 is 19.1 Å². The van der Waals surface area contributed by atoms with E-state index in [0.29, 0.717) is 18.8 Å². The predicted octanol–water partition coefficient (Wildman–Crippen LogP) is 3.46. The lowest BCUT2D eigenvalue weighted by Crippen LogP contribution is -2.49. The minimum Gasteiger partial charge on any atom is -0.410 e. The minimum atomic E-state index is -0.328. The molecule has 1 unspecified atom stereocenters. The van der Waals surface area contributed by atoms with E-state index in [2.05, 4.69) is 27.5 Å². The molecular weight excluding hydrogens is 398 g/mol. The molecule has 1 aliphatic rings. The summed E-state index contributed by atoms with van der Waals surface area (Å²) in [6, 6.07) is 13.4. The molecule has 8 heteroatoms. The summed E-state index contributed by atoms with van der Waals surface area (Å²) in [5, 5.41) is -0.141. The van der Waals surface area contributed by atoms with Gasteiger partial charge in [0.15, 0.2) is 0 Å². The highest BCUT2D eigenvalue weighted by Gasteiger charge is 2.23. The molecule has 0 saturated carbocycles. The summed E-state index contributed by atoms with van der Waals surface area (Å²) in [5.41, 5.74) is 1.98. The van der Waals surface area contributed by atoms with Crippen molar-refractivity contribution in [3.05, 3.63) is 71.9 Å². The second kappa shape index (κ2) is 8.79. The first-order chi connectivity index (χ1) is 14.5. The third-order valence-electron chi connectivity index (χ3n) is 5.24. The first kappa shape index (κ1) is 20.3. The minimum absolute atomic E-state index is 0.141. The van der Waals surface area contributed by atoms with Gasteiger partial charge in [0.1, 0.15) is 17.4 Å². The third kappa shape index (κ3) is 4.43. The maximum absolute atomic E-state index is 12.6. The first-order valence-electron chi connectivity index (χ1n) is 9.92. The first-order valence-corrected chi connectivity index (χ1v) is 10.4. The van der Waals surface area contributed by atoms with E-state index >= 15 is 0 Å². The Hall–Kier alpha value is -3.00. The lowest BCUT2D eigenvalue weighted by Gasteiger charge is -2.34. The predicted molar refractivity (Wildman–Crippen MR) is 119 cm³/mol. The monoisotopic (exact) mass is 423 g/mol. The highest BCUT2D eigenvalue weighted by molar-refractivity contribution is 7.80. The van der Waals surface area contributed by atoms with Crippen LogP contribution in [-0.4, -0.2) is 51.7 Å². The Balaban J connectivity index is 1.33. The number of nitrogens with zero attached hydrogens (tertiary/aromatic N) is 5. The van der Waals surface area contributed by atoms with Gasteiger partial charge >= 0.3 is 6.09 Å². The molecule has 3 heterocycles. The fraction of sp³-hybridized carbons (Fsp3) is 0.318. The molecule has 0 bridgehead atoms. The van der Waals surface area contributed by atoms with Crippen LogP contribution in [0.15, 0.2) is 54.9 Å². The van der Waals surface area contributed by atoms with E-state index in [1.54, 1.807) is 23.2 Å². The van der Waals surface area contributed by atoms with Crippen LogP contribution in [0.2, 0.25) is 0 Å². The normalized spacial score (nSPS) is 15.2. The van der Waals surface area contributed by atoms with Crippen molar-refractivity contribution in [1.29, 1.82) is 0 Å². The lowest BCUT2D eigenvalue weighted by molar-refractivity contribution is 0.149. The van der Waals surface area contributed by atoms with Crippen LogP contribution in [0, 0.1) is 6.92 Å². The zero-order valence-corrected chi connectivity index (χ0v) is 18.0. The standard InChI is InChI=1S/C22H25N5O2S/c1-16-4-3-5-19(24-16)26-12-14-27(15-13-26)22(28)29-18-8-6-17(7-9-18)20(30)21-23-10-11-25(21)2/h3-11,20,30H,12-15H2,1-2H3. The van der Waals surface area contributed by atoms with E-state index in [9.17, 15) is 4.79 Å². The lowest BCUT2D eigenvalue weighted by atomic mass is 10.1. The average Bonchev–Trinajstić information content (AvgIpc) is 3.20. The van der Waals surface area contributed by atoms with Crippen molar-refractivity contribution in [2.75, 3.05) is 31.1 Å². The number of amides is 1. The molecule has 30 heavy (non-hydrogen) atoms. The number of pyridine rings is 1. The molecule has 0 aliphatic carbocycles. The van der Waals surface area contributed by atoms with Gasteiger partial charge in [0.25, 0.3) is 0 Å². The number of benzene rings is 1. The van der Waals surface area contributed by atoms with Crippen LogP contribution in [0.5, 0.6) is 5.75 Å². The molecule has 4 rings (SSSR count). The summed E-state index contributed by atoms with van der Waals surface area (Å²) in [4.78, 5) is 25.4. The van der Waals surface area contributed by atoms with Crippen LogP contribution < -0.4 is 9.64 Å². The highest BCUT2D eigenvalue weighted by Crippen LogP contribution is 2.28. The Morgan fingerprint density at radius 3 is 2.47 bits per heavy atom. The molecule has 0 radical (unpaired) electrons. The van der Waals surface area contributed by atoms with E-state index in [4.69, 9.17) is 4.74 Å². The van der Waals surface area contributed by atoms with Crippen molar-refractivity contribution < 1.29 is 9.53 Å². The van der Waals surface area contributed by atoms with Crippen LogP contribution in [-0.2, 0) is 7.05 Å². The number of rotatable bonds is 4. The van der Waals surface area contributed by atoms with Gasteiger partial charge in [-0.25, -0.2) is 14.8 Å². The van der Waals surface area contributed by atoms with Crippen molar-refractivity contribution in [3.8, 4) is 5.75 Å². The van der Waals surface area contributed by atoms with E-state index in [1.165, 1.54) is 0 Å². The third-order valence-corrected chi connectivity index (χ3v) is 5.77. The number of carbonyl (C=O) groups is 1. The van der Waals surface area contributed by atoms with Gasteiger partial charge in [-0.2, -0.15) is 12.6 Å². The Kier molecular flexibility index (Phi) is 5.94. The van der Waals surface area contributed by atoms with Gasteiger partial charge in [0.2, 0.25) is 0 Å². The fourth-order valence-electron chi connectivity index (χ4n) is 3.50. The Morgan fingerprint density at radius 2 is 1.83 bits per heavy atom. The molecule has 1 aliphatic heterocycles. The molecule has 1 amide bonds. The van der Waals surface area contributed by atoms with Crippen LogP contribution >= 0.6 is 12.6 Å². The number of hydrogen-bond acceptors (Lipinski definition) is 6. The van der Waals surface area contributed by atoms with E-state index in [-0.39, 0.29) is 11.3 Å². The number of anilines is 1. The molecule has 156 valence electrons. The van der Waals surface area contributed by atoms with Crippen LogP contribution in [0.4, 0.5) is 10.6 Å². The van der Waals surface area contributed by atoms with Crippen molar-refractivity contribution in [1.82, 2.24) is 19.4 Å². The molecule has 1 aromatic carbocycles. The number of hydrogen-bond donors (Lipinski definition) is 1. The van der Waals surface area contributed by atoms with Gasteiger partial charge in [-0.1, -0.05) is 18.2 Å². The molecule has 0 N–H and O–H groups in total. The fourth-order valence-corrected chi connectivity index (χ4v) is 3.92. The summed E-state index contributed by atoms with van der Waals surface area (Å²) in [7, 11) is 1.94. The summed E-state index contributed by atoms with van der Waals surface area (Å²) in [5.74, 6) is 2.34. The SMILES string of the molecule is Cc1cccc(N2CCN(C(=O)Oc3ccc(C(S)c4nccn4C)cc3)CC2)n1. The molecule has 2 aromatic heterocycles. The number of piperazine rings is 1. The van der Waals surface area contributed by atoms with Crippen LogP contribution in [0.3, 0.4) is 0 Å². The largest absolute Gasteiger partial charge is 0.415 e. The quantitative estimate of drug-likeness (QED) is 0.651. The molecule has 1 saturated heterocycles. The second-order valence-corrected chi connectivity index (χ2v) is 7.86. The average molecular weight is 424 g/mol. The van der Waals surface area contributed by atoms with Gasteiger partial charge in [0.05, 0.1) is 5.25 Å². The highest BCUT2D eigenvalue weighted by atomic mass is 32.1. The van der Waals surface area contributed by atoms with Crippen LogP contribution in [0.1, 0.15) is 22.3 Å². The van der Waals surface area contributed by atoms with Crippen molar-refractivity contribution in [2.45, 2.75) is 12.2 Å². The topological polar surface area (TPSA) is 63.5 Å². The van der Waals surface area contributed by atoms with Crippen molar-refractivity contribution in [2.24, 2.45) is 7.05 Å². The smallest absolute Gasteiger partial charge is 0.410 e. The summed E-state index contributed by atoms with van der Waals surface area (Å²) in [6.45, 7) is 4.65. The van der Waals surface area contributed by atoms with Crippen molar-refractivity contribution >= 4 is 24.5 Å². The Morgan fingerprint density at radius 1 is 1.10 bits per heavy atom. The summed E-state index contributed by atoms with van der Waals surface area (Å²) >= 11 is 4.67. The number of aromatic nitrogens is 3. The molecular formula is C22H25N5O2S. The Labute approximate surface area is 181 Å². The molecule has 3 aromatic rings. The van der Waals surface area contributed by atoms with Crippen LogP contribution in [0.25, 0.3) is 0 Å². The maximum atomic E-state index is 12.6. The Bertz CT molecular complexity index is 1010. The molecule has 1 atom stereocenters. The number of aryl methyl sites for hydroxylation is 2. The van der Waals surface area contributed by atoms with Crippen molar-refractivity contribution in [3.63, 3.8) is 0 Å². The van der Waals surface area contributed by atoms with E-state index in [1.807, 2.05) is 55.1 Å². The summed E-state index contributed by atoms with van der Waals surface area (Å²) < 4.78 is 7.51. The number of imidazole rings is 1. The zero-order chi connectivity index (χ0) is 21.1. The number of thiol groups is 1. The van der Waals surface area contributed by atoms with Gasteiger partial charge in [-0.3, -0.25) is 0 Å². The molecule has 0 spiro atoms. The van der Waals surface area contributed by atoms with E-state index in [0.717, 1.165) is 36.0 Å². The number of carbonyl (C=O) groups excluding carboxylic acids is 1. The maximum Gasteiger partial charge on any atom is 0.415 e. The van der Waals surface area contributed by atoms with E-state index < -0.39 is 0 Å². The summed E-state index contributed by atoms with van der Waals surface area (Å²) in [6.07, 6.45) is 3.32. The number of ether oxygens (including phenoxy) is 1. The van der Waals surface area contributed by atoms with Gasteiger partial charge in [-0.15, -0.1) is 0 Å². The zero-order valence-electron chi connectivity index (χ0n) is 17.1. The van der Waals surface area contributed by atoms with Gasteiger partial charge in [-0.05, 0) is 36.8 Å². The second-order valence-electron chi connectivity index (χ2n) is 7.35.